The van der Waals surface area contributed by atoms with Crippen LogP contribution in [0.3, 0.4) is 0 Å². The van der Waals surface area contributed by atoms with Crippen molar-refractivity contribution in [2.75, 3.05) is 7.05 Å². The summed E-state index contributed by atoms with van der Waals surface area (Å²) in [7, 11) is 1.91. The van der Waals surface area contributed by atoms with E-state index in [0.29, 0.717) is 6.54 Å². The molecule has 0 aliphatic heterocycles. The van der Waals surface area contributed by atoms with Crippen LogP contribution in [0.25, 0.3) is 11.4 Å². The van der Waals surface area contributed by atoms with E-state index in [1.807, 2.05) is 53.0 Å². The van der Waals surface area contributed by atoms with Gasteiger partial charge in [0.2, 0.25) is 5.91 Å². The maximum absolute atomic E-state index is 12.8. The van der Waals surface area contributed by atoms with Crippen LogP contribution in [-0.2, 0) is 24.2 Å². The summed E-state index contributed by atoms with van der Waals surface area (Å²) in [5.41, 5.74) is 3.75. The van der Waals surface area contributed by atoms with Gasteiger partial charge < -0.3 is 9.47 Å². The average Bonchev–Trinajstić information content (AvgIpc) is 3.28. The van der Waals surface area contributed by atoms with Crippen LogP contribution in [-0.4, -0.2) is 33.4 Å². The van der Waals surface area contributed by atoms with Crippen LogP contribution in [0.2, 0.25) is 0 Å². The number of rotatable bonds is 4. The van der Waals surface area contributed by atoms with Gasteiger partial charge in [0.1, 0.15) is 12.4 Å². The second kappa shape index (κ2) is 6.55. The normalized spacial score (nSPS) is 13.6. The van der Waals surface area contributed by atoms with Gasteiger partial charge >= 0.3 is 0 Å². The molecule has 3 aromatic rings. The molecule has 0 radical (unpaired) electrons. The molecule has 4 nitrogen and oxygen atoms in total. The number of nitrogens with zero attached hydrogens (tertiary/aromatic N) is 3. The molecule has 0 saturated heterocycles. The third kappa shape index (κ3) is 3.07. The fourth-order valence-electron chi connectivity index (χ4n) is 3.55. The highest BCUT2D eigenvalue weighted by atomic mass is 16.2. The molecule has 126 valence electrons. The molecule has 1 amide bonds. The van der Waals surface area contributed by atoms with E-state index >= 15 is 0 Å². The number of carbonyl (C=O) groups excluding carboxylic acids is 1. The first kappa shape index (κ1) is 15.6. The number of imidazole rings is 1. The summed E-state index contributed by atoms with van der Waals surface area (Å²) in [6.45, 7) is 0.313. The second-order valence-corrected chi connectivity index (χ2v) is 6.58. The number of benzene rings is 2. The van der Waals surface area contributed by atoms with Crippen LogP contribution in [0.5, 0.6) is 0 Å². The number of aromatic nitrogens is 2. The smallest absolute Gasteiger partial charge is 0.242 e. The number of fused-ring (bicyclic) bond motifs is 1. The van der Waals surface area contributed by atoms with E-state index in [1.54, 1.807) is 6.20 Å². The van der Waals surface area contributed by atoms with Gasteiger partial charge in [-0.1, -0.05) is 54.6 Å². The summed E-state index contributed by atoms with van der Waals surface area (Å²) in [5, 5.41) is 0. The molecule has 0 bridgehead atoms. The molecule has 0 N–H and O–H groups in total. The van der Waals surface area contributed by atoms with Crippen molar-refractivity contribution >= 4 is 5.91 Å². The van der Waals surface area contributed by atoms with E-state index in [2.05, 4.69) is 29.2 Å². The second-order valence-electron chi connectivity index (χ2n) is 6.58. The molecular formula is C21H21N3O. The largest absolute Gasteiger partial charge is 0.341 e. The minimum absolute atomic E-state index is 0.119. The van der Waals surface area contributed by atoms with Crippen LogP contribution in [0.15, 0.2) is 67.0 Å². The highest BCUT2D eigenvalue weighted by Crippen LogP contribution is 2.25. The number of hydrogen-bond donors (Lipinski definition) is 0. The van der Waals surface area contributed by atoms with Gasteiger partial charge in [-0.05, 0) is 24.0 Å². The van der Waals surface area contributed by atoms with Crippen molar-refractivity contribution in [2.24, 2.45) is 0 Å². The molecule has 4 heteroatoms. The first-order valence-electron chi connectivity index (χ1n) is 8.61. The molecule has 2 aromatic carbocycles. The molecule has 0 atom stereocenters. The van der Waals surface area contributed by atoms with Gasteiger partial charge in [0.05, 0.1) is 0 Å². The van der Waals surface area contributed by atoms with Crippen molar-refractivity contribution in [3.63, 3.8) is 0 Å². The molecule has 1 aromatic heterocycles. The maximum Gasteiger partial charge on any atom is 0.242 e. The van der Waals surface area contributed by atoms with Crippen molar-refractivity contribution in [3.8, 4) is 11.4 Å². The van der Waals surface area contributed by atoms with Crippen molar-refractivity contribution in [1.82, 2.24) is 14.5 Å². The molecule has 0 fully saturated rings. The van der Waals surface area contributed by atoms with E-state index in [9.17, 15) is 4.79 Å². The Hall–Kier alpha value is -2.88. The first-order chi connectivity index (χ1) is 12.2. The fraction of sp³-hybridized carbons (Fsp3) is 0.238. The molecule has 0 saturated carbocycles. The van der Waals surface area contributed by atoms with Crippen molar-refractivity contribution in [3.05, 3.63) is 78.1 Å². The van der Waals surface area contributed by atoms with Crippen molar-refractivity contribution < 1.29 is 4.79 Å². The average molecular weight is 331 g/mol. The Bertz CT molecular complexity index is 860. The number of amides is 1. The first-order valence-corrected chi connectivity index (χ1v) is 8.61. The lowest BCUT2D eigenvalue weighted by atomic mass is 10.1. The Kier molecular flexibility index (Phi) is 4.10. The molecule has 1 heterocycles. The minimum atomic E-state index is 0.119. The topological polar surface area (TPSA) is 38.1 Å². The number of hydrogen-bond acceptors (Lipinski definition) is 2. The van der Waals surface area contributed by atoms with E-state index in [0.717, 1.165) is 24.2 Å². The molecule has 0 unspecified atom stereocenters. The van der Waals surface area contributed by atoms with Crippen molar-refractivity contribution in [2.45, 2.75) is 25.4 Å². The zero-order valence-corrected chi connectivity index (χ0v) is 14.3. The maximum atomic E-state index is 12.8. The third-order valence-corrected chi connectivity index (χ3v) is 5.02. The van der Waals surface area contributed by atoms with E-state index in [1.165, 1.54) is 11.1 Å². The highest BCUT2D eigenvalue weighted by molar-refractivity contribution is 5.77. The number of carbonyl (C=O) groups is 1. The lowest BCUT2D eigenvalue weighted by Gasteiger charge is -2.25. The van der Waals surface area contributed by atoms with Crippen LogP contribution in [0.1, 0.15) is 11.1 Å². The zero-order valence-electron chi connectivity index (χ0n) is 14.3. The van der Waals surface area contributed by atoms with Crippen molar-refractivity contribution in [1.29, 1.82) is 0 Å². The van der Waals surface area contributed by atoms with Gasteiger partial charge in [-0.2, -0.15) is 0 Å². The Morgan fingerprint density at radius 1 is 1.08 bits per heavy atom. The van der Waals surface area contributed by atoms with Gasteiger partial charge in [0.25, 0.3) is 0 Å². The SMILES string of the molecule is CN(C(=O)Cn1ccnc1-c1ccccc1)C1Cc2ccccc2C1. The van der Waals surface area contributed by atoms with Crippen LogP contribution >= 0.6 is 0 Å². The molecule has 1 aliphatic rings. The quantitative estimate of drug-likeness (QED) is 0.736. The summed E-state index contributed by atoms with van der Waals surface area (Å²) in [5.74, 6) is 0.949. The lowest BCUT2D eigenvalue weighted by Crippen LogP contribution is -2.39. The summed E-state index contributed by atoms with van der Waals surface area (Å²) in [6.07, 6.45) is 5.50. The van der Waals surface area contributed by atoms with E-state index in [4.69, 9.17) is 0 Å². The summed E-state index contributed by atoms with van der Waals surface area (Å²) in [4.78, 5) is 19.1. The third-order valence-electron chi connectivity index (χ3n) is 5.02. The Morgan fingerprint density at radius 3 is 2.40 bits per heavy atom. The predicted octanol–water partition coefficient (Wildman–Crippen LogP) is 3.18. The molecule has 4 rings (SSSR count). The predicted molar refractivity (Wildman–Crippen MR) is 98.1 cm³/mol. The van der Waals surface area contributed by atoms with Crippen LogP contribution in [0.4, 0.5) is 0 Å². The lowest BCUT2D eigenvalue weighted by molar-refractivity contribution is -0.132. The Balaban J connectivity index is 1.48. The summed E-state index contributed by atoms with van der Waals surface area (Å²) in [6, 6.07) is 18.7. The van der Waals surface area contributed by atoms with Gasteiger partial charge in [0, 0.05) is 31.0 Å². The van der Waals surface area contributed by atoms with Gasteiger partial charge in [-0.3, -0.25) is 4.79 Å². The van der Waals surface area contributed by atoms with E-state index in [-0.39, 0.29) is 11.9 Å². The molecule has 1 aliphatic carbocycles. The van der Waals surface area contributed by atoms with Crippen LogP contribution in [0, 0.1) is 0 Å². The van der Waals surface area contributed by atoms with E-state index < -0.39 is 0 Å². The van der Waals surface area contributed by atoms with Gasteiger partial charge in [-0.15, -0.1) is 0 Å². The number of likely N-dealkylation sites (N-methyl/N-ethyl adjacent to an activating group) is 1. The Labute approximate surface area is 147 Å². The fourth-order valence-corrected chi connectivity index (χ4v) is 3.55. The van der Waals surface area contributed by atoms with Gasteiger partial charge in [-0.25, -0.2) is 4.98 Å². The summed E-state index contributed by atoms with van der Waals surface area (Å²) >= 11 is 0. The molecule has 0 spiro atoms. The molecular weight excluding hydrogens is 310 g/mol. The Morgan fingerprint density at radius 2 is 1.72 bits per heavy atom. The standard InChI is InChI=1S/C21H21N3O/c1-23(19-13-17-9-5-6-10-18(17)14-19)20(25)15-24-12-11-22-21(24)16-7-3-2-4-8-16/h2-12,19H,13-15H2,1H3. The van der Waals surface area contributed by atoms with Gasteiger partial charge in [0.15, 0.2) is 0 Å². The molecule has 25 heavy (non-hydrogen) atoms. The van der Waals surface area contributed by atoms with Crippen LogP contribution < -0.4 is 0 Å². The monoisotopic (exact) mass is 331 g/mol. The zero-order chi connectivity index (χ0) is 17.2. The minimum Gasteiger partial charge on any atom is -0.341 e. The summed E-state index contributed by atoms with van der Waals surface area (Å²) < 4.78 is 1.93. The highest BCUT2D eigenvalue weighted by Gasteiger charge is 2.27.